The summed E-state index contributed by atoms with van der Waals surface area (Å²) in [5.41, 5.74) is 15.6. The molecule has 0 aliphatic carbocycles. The van der Waals surface area contributed by atoms with E-state index in [9.17, 15) is 0 Å². The summed E-state index contributed by atoms with van der Waals surface area (Å²) in [6, 6.07) is 6.05. The molecule has 0 atom stereocenters. The number of nitrogens with two attached hydrogens (primary N) is 2. The van der Waals surface area contributed by atoms with Crippen molar-refractivity contribution in [1.82, 2.24) is 5.32 Å². The van der Waals surface area contributed by atoms with Crippen LogP contribution >= 0.6 is 0 Å². The van der Waals surface area contributed by atoms with Gasteiger partial charge in [-0.25, -0.2) is 4.99 Å². The average molecular weight is 301 g/mol. The standard InChI is InChI=1S/C17H27N5/c1-5-6-9-21-17(20-4)14(11-18)16(19)22-15-8-7-12(2)10-13(15)3/h7-8,10-11H,5-6,9,18H2,1-4H3,(H2,19,22)(H,20,21). The molecule has 5 heteroatoms. The molecule has 0 aliphatic rings. The molecule has 0 aromatic heterocycles. The number of rotatable bonds is 6. The lowest BCUT2D eigenvalue weighted by Crippen LogP contribution is -2.33. The molecular weight excluding hydrogens is 274 g/mol. The highest BCUT2D eigenvalue weighted by Gasteiger charge is 2.11. The molecule has 0 unspecified atom stereocenters. The van der Waals surface area contributed by atoms with E-state index in [1.165, 1.54) is 11.8 Å². The molecule has 22 heavy (non-hydrogen) atoms. The molecule has 0 fully saturated rings. The zero-order valence-electron chi connectivity index (χ0n) is 14.0. The van der Waals surface area contributed by atoms with E-state index < -0.39 is 0 Å². The predicted molar refractivity (Wildman–Crippen MR) is 95.7 cm³/mol. The SMILES string of the molecule is CCCCNC(=NC)C(=CN)C(N)=Nc1ccc(C)cc1C. The summed E-state index contributed by atoms with van der Waals surface area (Å²) in [6.45, 7) is 7.03. The zero-order valence-corrected chi connectivity index (χ0v) is 14.0. The van der Waals surface area contributed by atoms with Crippen LogP contribution in [0.25, 0.3) is 0 Å². The van der Waals surface area contributed by atoms with Gasteiger partial charge in [0.1, 0.15) is 11.7 Å². The Bertz CT molecular complexity index is 585. The lowest BCUT2D eigenvalue weighted by Gasteiger charge is -2.12. The van der Waals surface area contributed by atoms with Crippen LogP contribution in [0.3, 0.4) is 0 Å². The number of hydrogen-bond donors (Lipinski definition) is 3. The van der Waals surface area contributed by atoms with E-state index >= 15 is 0 Å². The summed E-state index contributed by atoms with van der Waals surface area (Å²) in [5, 5.41) is 3.25. The molecule has 0 heterocycles. The Morgan fingerprint density at radius 3 is 2.59 bits per heavy atom. The first kappa shape index (κ1) is 17.8. The second-order valence-corrected chi connectivity index (χ2v) is 5.22. The van der Waals surface area contributed by atoms with Gasteiger partial charge in [0.25, 0.3) is 0 Å². The number of benzene rings is 1. The molecule has 1 aromatic carbocycles. The summed E-state index contributed by atoms with van der Waals surface area (Å²) in [4.78, 5) is 8.72. The van der Waals surface area contributed by atoms with Crippen LogP contribution in [-0.4, -0.2) is 25.3 Å². The summed E-state index contributed by atoms with van der Waals surface area (Å²) in [7, 11) is 1.71. The minimum atomic E-state index is 0.360. The van der Waals surface area contributed by atoms with E-state index in [0.29, 0.717) is 17.2 Å². The Labute approximate surface area is 133 Å². The van der Waals surface area contributed by atoms with Crippen LogP contribution in [0.5, 0.6) is 0 Å². The van der Waals surface area contributed by atoms with Crippen LogP contribution < -0.4 is 16.8 Å². The molecule has 0 amide bonds. The monoisotopic (exact) mass is 301 g/mol. The molecule has 120 valence electrons. The first-order valence-corrected chi connectivity index (χ1v) is 7.58. The van der Waals surface area contributed by atoms with Crippen LogP contribution in [-0.2, 0) is 0 Å². The lowest BCUT2D eigenvalue weighted by molar-refractivity contribution is 0.754. The Kier molecular flexibility index (Phi) is 7.16. The Balaban J connectivity index is 3.00. The molecule has 1 rings (SSSR count). The summed E-state index contributed by atoms with van der Waals surface area (Å²) in [5.74, 6) is 1.03. The Morgan fingerprint density at radius 2 is 2.05 bits per heavy atom. The molecule has 1 aromatic rings. The third-order valence-corrected chi connectivity index (χ3v) is 3.34. The van der Waals surface area contributed by atoms with E-state index in [1.807, 2.05) is 19.1 Å². The van der Waals surface area contributed by atoms with Crippen molar-refractivity contribution in [3.05, 3.63) is 41.1 Å². The number of nitrogens with one attached hydrogen (secondary N) is 1. The van der Waals surface area contributed by atoms with Crippen molar-refractivity contribution in [3.8, 4) is 0 Å². The highest BCUT2D eigenvalue weighted by atomic mass is 15.0. The topological polar surface area (TPSA) is 88.8 Å². The van der Waals surface area contributed by atoms with Crippen LogP contribution in [0.2, 0.25) is 0 Å². The number of amidine groups is 2. The van der Waals surface area contributed by atoms with Crippen LogP contribution in [0.4, 0.5) is 5.69 Å². The van der Waals surface area contributed by atoms with Gasteiger partial charge in [-0.15, -0.1) is 0 Å². The van der Waals surface area contributed by atoms with Crippen LogP contribution in [0.1, 0.15) is 30.9 Å². The summed E-state index contributed by atoms with van der Waals surface area (Å²) < 4.78 is 0. The normalized spacial score (nSPS) is 13.4. The smallest absolute Gasteiger partial charge is 0.136 e. The molecule has 0 saturated heterocycles. The minimum absolute atomic E-state index is 0.360. The van der Waals surface area contributed by atoms with E-state index in [4.69, 9.17) is 11.5 Å². The highest BCUT2D eigenvalue weighted by molar-refractivity contribution is 6.22. The zero-order chi connectivity index (χ0) is 16.5. The van der Waals surface area contributed by atoms with Crippen molar-refractivity contribution in [3.63, 3.8) is 0 Å². The van der Waals surface area contributed by atoms with Crippen molar-refractivity contribution in [1.29, 1.82) is 0 Å². The van der Waals surface area contributed by atoms with Crippen molar-refractivity contribution in [2.24, 2.45) is 21.5 Å². The number of aryl methyl sites for hydroxylation is 2. The fourth-order valence-corrected chi connectivity index (χ4v) is 2.08. The van der Waals surface area contributed by atoms with Gasteiger partial charge in [0.2, 0.25) is 0 Å². The molecule has 0 radical (unpaired) electrons. The van der Waals surface area contributed by atoms with Gasteiger partial charge in [-0.05, 0) is 31.9 Å². The van der Waals surface area contributed by atoms with Crippen molar-refractivity contribution in [2.75, 3.05) is 13.6 Å². The maximum absolute atomic E-state index is 6.13. The van der Waals surface area contributed by atoms with Gasteiger partial charge < -0.3 is 16.8 Å². The Hall–Kier alpha value is -2.30. The quantitative estimate of drug-likeness (QED) is 0.428. The maximum atomic E-state index is 6.13. The third-order valence-electron chi connectivity index (χ3n) is 3.34. The highest BCUT2D eigenvalue weighted by Crippen LogP contribution is 2.20. The van der Waals surface area contributed by atoms with Crippen LogP contribution in [0, 0.1) is 13.8 Å². The molecule has 0 saturated carbocycles. The van der Waals surface area contributed by atoms with Crippen molar-refractivity contribution in [2.45, 2.75) is 33.6 Å². The second kappa shape index (κ2) is 8.87. The molecular formula is C17H27N5. The third kappa shape index (κ3) is 4.91. The molecule has 0 bridgehead atoms. The van der Waals surface area contributed by atoms with E-state index in [-0.39, 0.29) is 0 Å². The average Bonchev–Trinajstić information content (AvgIpc) is 2.49. The number of hydrogen-bond acceptors (Lipinski definition) is 3. The second-order valence-electron chi connectivity index (χ2n) is 5.22. The largest absolute Gasteiger partial charge is 0.404 e. The first-order chi connectivity index (χ1) is 10.5. The van der Waals surface area contributed by atoms with Crippen molar-refractivity contribution >= 4 is 17.4 Å². The molecule has 0 aliphatic heterocycles. The maximum Gasteiger partial charge on any atom is 0.136 e. The predicted octanol–water partition coefficient (Wildman–Crippen LogP) is 2.55. The Morgan fingerprint density at radius 1 is 1.32 bits per heavy atom. The van der Waals surface area contributed by atoms with Gasteiger partial charge in [0, 0.05) is 19.8 Å². The van der Waals surface area contributed by atoms with Gasteiger partial charge in [-0.3, -0.25) is 4.99 Å². The van der Waals surface area contributed by atoms with Gasteiger partial charge in [-0.1, -0.05) is 31.0 Å². The van der Waals surface area contributed by atoms with Gasteiger partial charge >= 0.3 is 0 Å². The number of nitrogens with zero attached hydrogens (tertiary/aromatic N) is 2. The minimum Gasteiger partial charge on any atom is -0.404 e. The van der Waals surface area contributed by atoms with Crippen molar-refractivity contribution < 1.29 is 0 Å². The fraction of sp³-hybridized carbons (Fsp3) is 0.412. The number of unbranched alkanes of at least 4 members (excludes halogenated alkanes) is 1. The first-order valence-electron chi connectivity index (χ1n) is 7.58. The summed E-state index contributed by atoms with van der Waals surface area (Å²) >= 11 is 0. The molecule has 5 nitrogen and oxygen atoms in total. The van der Waals surface area contributed by atoms with E-state index in [0.717, 1.165) is 30.6 Å². The summed E-state index contributed by atoms with van der Waals surface area (Å²) in [6.07, 6.45) is 3.62. The van der Waals surface area contributed by atoms with Gasteiger partial charge in [0.15, 0.2) is 0 Å². The van der Waals surface area contributed by atoms with E-state index in [2.05, 4.69) is 35.2 Å². The fourth-order valence-electron chi connectivity index (χ4n) is 2.08. The molecule has 5 N–H and O–H groups in total. The van der Waals surface area contributed by atoms with E-state index in [1.54, 1.807) is 7.05 Å². The molecule has 0 spiro atoms. The van der Waals surface area contributed by atoms with Gasteiger partial charge in [0.05, 0.1) is 11.3 Å². The lowest BCUT2D eigenvalue weighted by atomic mass is 10.1. The van der Waals surface area contributed by atoms with Crippen LogP contribution in [0.15, 0.2) is 40.0 Å². The van der Waals surface area contributed by atoms with Gasteiger partial charge in [-0.2, -0.15) is 0 Å². The number of aliphatic imine (C=N–C) groups is 2.